The molecule has 1 aromatic carbocycles. The number of benzene rings is 1. The van der Waals surface area contributed by atoms with Crippen molar-refractivity contribution in [3.05, 3.63) is 34.8 Å². The quantitative estimate of drug-likeness (QED) is 0.844. The van der Waals surface area contributed by atoms with Crippen molar-refractivity contribution in [2.24, 2.45) is 0 Å². The molecule has 0 N–H and O–H groups in total. The number of hydrogen-bond acceptors (Lipinski definition) is 4. The van der Waals surface area contributed by atoms with E-state index in [0.717, 1.165) is 16.0 Å². The molecule has 14 heavy (non-hydrogen) atoms. The van der Waals surface area contributed by atoms with Gasteiger partial charge in [0.1, 0.15) is 6.33 Å². The first kappa shape index (κ1) is 9.54. The maximum absolute atomic E-state index is 13.2. The van der Waals surface area contributed by atoms with Crippen LogP contribution in [0, 0.1) is 5.82 Å². The molecule has 0 saturated carbocycles. The van der Waals surface area contributed by atoms with Crippen molar-refractivity contribution < 1.29 is 9.13 Å². The standard InChI is InChI=1S/C8H4BrFN2OS/c9-5-1-2-6(10)7(3-5)13-8-11-4-12-14-8/h1-4H. The van der Waals surface area contributed by atoms with E-state index in [2.05, 4.69) is 25.3 Å². The van der Waals surface area contributed by atoms with Gasteiger partial charge in [-0.3, -0.25) is 0 Å². The highest BCUT2D eigenvalue weighted by molar-refractivity contribution is 9.10. The fourth-order valence-corrected chi connectivity index (χ4v) is 1.60. The average molecular weight is 275 g/mol. The van der Waals surface area contributed by atoms with Crippen LogP contribution < -0.4 is 4.74 Å². The van der Waals surface area contributed by atoms with Crippen molar-refractivity contribution in [2.75, 3.05) is 0 Å². The van der Waals surface area contributed by atoms with Crippen LogP contribution in [0.1, 0.15) is 0 Å². The predicted molar refractivity (Wildman–Crippen MR) is 54.1 cm³/mol. The molecule has 1 heterocycles. The highest BCUT2D eigenvalue weighted by Gasteiger charge is 2.06. The van der Waals surface area contributed by atoms with Gasteiger partial charge in [0.2, 0.25) is 0 Å². The topological polar surface area (TPSA) is 35.0 Å². The Balaban J connectivity index is 2.28. The van der Waals surface area contributed by atoms with Crippen LogP contribution >= 0.6 is 27.5 Å². The fourth-order valence-electron chi connectivity index (χ4n) is 0.857. The van der Waals surface area contributed by atoms with Gasteiger partial charge in [0.15, 0.2) is 11.6 Å². The van der Waals surface area contributed by atoms with Crippen molar-refractivity contribution >= 4 is 27.5 Å². The van der Waals surface area contributed by atoms with Crippen LogP contribution in [0.3, 0.4) is 0 Å². The molecule has 2 aromatic rings. The number of halogens is 2. The van der Waals surface area contributed by atoms with E-state index < -0.39 is 5.82 Å². The molecule has 0 aliphatic heterocycles. The molecular weight excluding hydrogens is 271 g/mol. The van der Waals surface area contributed by atoms with Crippen LogP contribution in [0.5, 0.6) is 10.9 Å². The molecule has 2 rings (SSSR count). The van der Waals surface area contributed by atoms with Gasteiger partial charge >= 0.3 is 0 Å². The zero-order valence-corrected chi connectivity index (χ0v) is 9.18. The summed E-state index contributed by atoms with van der Waals surface area (Å²) in [6.45, 7) is 0. The lowest BCUT2D eigenvalue weighted by Gasteiger charge is -2.02. The number of rotatable bonds is 2. The van der Waals surface area contributed by atoms with Crippen LogP contribution in [0.2, 0.25) is 0 Å². The summed E-state index contributed by atoms with van der Waals surface area (Å²) in [5.41, 5.74) is 0. The molecule has 0 fully saturated rings. The molecule has 0 unspecified atom stereocenters. The van der Waals surface area contributed by atoms with Gasteiger partial charge < -0.3 is 4.74 Å². The zero-order valence-electron chi connectivity index (χ0n) is 6.78. The van der Waals surface area contributed by atoms with Crippen LogP contribution in [-0.4, -0.2) is 9.36 Å². The highest BCUT2D eigenvalue weighted by Crippen LogP contribution is 2.27. The SMILES string of the molecule is Fc1ccc(Br)cc1Oc1ncns1. The molecule has 6 heteroatoms. The average Bonchev–Trinajstić information content (AvgIpc) is 2.64. The molecule has 1 aromatic heterocycles. The van der Waals surface area contributed by atoms with E-state index in [-0.39, 0.29) is 5.75 Å². The molecular formula is C8H4BrFN2OS. The Hall–Kier alpha value is -1.01. The summed E-state index contributed by atoms with van der Waals surface area (Å²) in [5, 5.41) is 0.321. The summed E-state index contributed by atoms with van der Waals surface area (Å²) in [6.07, 6.45) is 1.36. The van der Waals surface area contributed by atoms with E-state index in [9.17, 15) is 4.39 Å². The second-order valence-corrected chi connectivity index (χ2v) is 4.04. The molecule has 0 spiro atoms. The van der Waals surface area contributed by atoms with Crippen molar-refractivity contribution in [3.63, 3.8) is 0 Å². The molecule has 3 nitrogen and oxygen atoms in total. The van der Waals surface area contributed by atoms with E-state index in [0.29, 0.717) is 5.19 Å². The van der Waals surface area contributed by atoms with Gasteiger partial charge in [-0.2, -0.15) is 9.36 Å². The summed E-state index contributed by atoms with van der Waals surface area (Å²) in [7, 11) is 0. The van der Waals surface area contributed by atoms with Crippen LogP contribution in [0.15, 0.2) is 29.0 Å². The largest absolute Gasteiger partial charge is 0.427 e. The molecule has 0 bridgehead atoms. The second kappa shape index (κ2) is 4.02. The Labute approximate surface area is 91.9 Å². The third-order valence-corrected chi connectivity index (χ3v) is 2.47. The van der Waals surface area contributed by atoms with Gasteiger partial charge in [-0.15, -0.1) is 0 Å². The van der Waals surface area contributed by atoms with E-state index in [1.165, 1.54) is 18.5 Å². The lowest BCUT2D eigenvalue weighted by atomic mass is 10.3. The molecule has 0 radical (unpaired) electrons. The summed E-state index contributed by atoms with van der Waals surface area (Å²) < 4.78 is 22.8. The minimum absolute atomic E-state index is 0.135. The lowest BCUT2D eigenvalue weighted by Crippen LogP contribution is -1.87. The summed E-state index contributed by atoms with van der Waals surface area (Å²) in [6, 6.07) is 4.46. The van der Waals surface area contributed by atoms with Crippen LogP contribution in [0.25, 0.3) is 0 Å². The number of ether oxygens (including phenoxy) is 1. The van der Waals surface area contributed by atoms with Crippen LogP contribution in [0.4, 0.5) is 4.39 Å². The minimum Gasteiger partial charge on any atom is -0.427 e. The highest BCUT2D eigenvalue weighted by atomic mass is 79.9. The first-order valence-electron chi connectivity index (χ1n) is 3.65. The monoisotopic (exact) mass is 274 g/mol. The lowest BCUT2D eigenvalue weighted by molar-refractivity contribution is 0.439. The molecule has 0 amide bonds. The Morgan fingerprint density at radius 2 is 2.29 bits per heavy atom. The maximum Gasteiger partial charge on any atom is 0.298 e. The first-order chi connectivity index (χ1) is 6.75. The van der Waals surface area contributed by atoms with Gasteiger partial charge in [0, 0.05) is 16.0 Å². The summed E-state index contributed by atoms with van der Waals surface area (Å²) >= 11 is 4.29. The first-order valence-corrected chi connectivity index (χ1v) is 5.22. The molecule has 72 valence electrons. The van der Waals surface area contributed by atoms with Crippen molar-refractivity contribution in [2.45, 2.75) is 0 Å². The van der Waals surface area contributed by atoms with Gasteiger partial charge in [-0.1, -0.05) is 15.9 Å². The molecule has 0 saturated heterocycles. The molecule has 0 aliphatic carbocycles. The third-order valence-electron chi connectivity index (χ3n) is 1.43. The van der Waals surface area contributed by atoms with Gasteiger partial charge in [-0.25, -0.2) is 4.39 Å². The molecule has 0 atom stereocenters. The number of aromatic nitrogens is 2. The fraction of sp³-hybridized carbons (Fsp3) is 0. The van der Waals surface area contributed by atoms with Gasteiger partial charge in [0.25, 0.3) is 5.19 Å². The second-order valence-electron chi connectivity index (χ2n) is 2.38. The van der Waals surface area contributed by atoms with E-state index in [4.69, 9.17) is 4.74 Å². The predicted octanol–water partition coefficient (Wildman–Crippen LogP) is 3.23. The normalized spacial score (nSPS) is 10.1. The van der Waals surface area contributed by atoms with E-state index >= 15 is 0 Å². The number of hydrogen-bond donors (Lipinski definition) is 0. The van der Waals surface area contributed by atoms with Gasteiger partial charge in [0.05, 0.1) is 0 Å². The Morgan fingerprint density at radius 1 is 1.43 bits per heavy atom. The van der Waals surface area contributed by atoms with E-state index in [1.807, 2.05) is 0 Å². The Kier molecular flexibility index (Phi) is 2.74. The van der Waals surface area contributed by atoms with Crippen molar-refractivity contribution in [1.29, 1.82) is 0 Å². The van der Waals surface area contributed by atoms with Crippen molar-refractivity contribution in [1.82, 2.24) is 9.36 Å². The number of nitrogens with zero attached hydrogens (tertiary/aromatic N) is 2. The van der Waals surface area contributed by atoms with E-state index in [1.54, 1.807) is 6.07 Å². The molecule has 0 aliphatic rings. The smallest absolute Gasteiger partial charge is 0.298 e. The summed E-state index contributed by atoms with van der Waals surface area (Å²) in [4.78, 5) is 3.79. The van der Waals surface area contributed by atoms with Crippen LogP contribution in [-0.2, 0) is 0 Å². The minimum atomic E-state index is -0.427. The van der Waals surface area contributed by atoms with Crippen molar-refractivity contribution in [3.8, 4) is 10.9 Å². The Morgan fingerprint density at radius 3 is 3.00 bits per heavy atom. The summed E-state index contributed by atoms with van der Waals surface area (Å²) in [5.74, 6) is -0.292. The third kappa shape index (κ3) is 2.08. The van der Waals surface area contributed by atoms with Gasteiger partial charge in [-0.05, 0) is 18.2 Å². The zero-order chi connectivity index (χ0) is 9.97. The Bertz CT molecular complexity index is 435. The maximum atomic E-state index is 13.2.